The highest BCUT2D eigenvalue weighted by molar-refractivity contribution is 7.92. The van der Waals surface area contributed by atoms with Gasteiger partial charge in [-0.25, -0.2) is 8.42 Å². The molecule has 0 fully saturated rings. The summed E-state index contributed by atoms with van der Waals surface area (Å²) in [6.45, 7) is 7.76. The Morgan fingerprint density at radius 2 is 1.57 bits per heavy atom. The molecule has 6 heteroatoms. The molecule has 0 saturated carbocycles. The minimum atomic E-state index is -3.73. The predicted octanol–water partition coefficient (Wildman–Crippen LogP) is 4.90. The molecule has 0 heterocycles. The van der Waals surface area contributed by atoms with Gasteiger partial charge in [0.2, 0.25) is 0 Å². The van der Waals surface area contributed by atoms with E-state index >= 15 is 0 Å². The summed E-state index contributed by atoms with van der Waals surface area (Å²) in [6.07, 6.45) is 0. The van der Waals surface area contributed by atoms with Crippen LogP contribution in [0.25, 0.3) is 0 Å². The Labute approximate surface area is 178 Å². The second-order valence-corrected chi connectivity index (χ2v) is 9.12. The molecule has 0 spiro atoms. The molecule has 5 nitrogen and oxygen atoms in total. The lowest BCUT2D eigenvalue weighted by molar-refractivity contribution is 0.0939. The standard InChI is InChI=1S/C24H26N2O3S/c1-16-13-14-20(15-17(16)2)19(4)25-24(27)22-11-8-12-23(18(22)3)26-30(28,29)21-9-6-5-7-10-21/h5-15,19,26H,1-4H3,(H,25,27)/t19-/m0/s1. The molecule has 0 aliphatic carbocycles. The Balaban J connectivity index is 1.82. The molecule has 3 rings (SSSR count). The average molecular weight is 423 g/mol. The van der Waals surface area contributed by atoms with Gasteiger partial charge in [0.05, 0.1) is 16.6 Å². The van der Waals surface area contributed by atoms with E-state index in [1.165, 1.54) is 23.3 Å². The van der Waals surface area contributed by atoms with E-state index in [0.717, 1.165) is 5.56 Å². The van der Waals surface area contributed by atoms with Gasteiger partial charge in [-0.1, -0.05) is 42.5 Å². The second-order valence-electron chi connectivity index (χ2n) is 7.44. The zero-order chi connectivity index (χ0) is 21.9. The van der Waals surface area contributed by atoms with Crippen LogP contribution in [0.5, 0.6) is 0 Å². The molecule has 2 N–H and O–H groups in total. The molecular weight excluding hydrogens is 396 g/mol. The number of carbonyl (C=O) groups excluding carboxylic acids is 1. The second kappa shape index (κ2) is 8.71. The Morgan fingerprint density at radius 1 is 0.867 bits per heavy atom. The molecule has 0 aliphatic rings. The van der Waals surface area contributed by atoms with E-state index in [2.05, 4.69) is 16.1 Å². The number of hydrogen-bond acceptors (Lipinski definition) is 3. The quantitative estimate of drug-likeness (QED) is 0.593. The Morgan fingerprint density at radius 3 is 2.23 bits per heavy atom. The molecule has 0 aliphatic heterocycles. The topological polar surface area (TPSA) is 75.3 Å². The van der Waals surface area contributed by atoms with E-state index in [9.17, 15) is 13.2 Å². The van der Waals surface area contributed by atoms with Gasteiger partial charge in [0.25, 0.3) is 15.9 Å². The van der Waals surface area contributed by atoms with Crippen LogP contribution in [0.3, 0.4) is 0 Å². The highest BCUT2D eigenvalue weighted by Crippen LogP contribution is 2.24. The van der Waals surface area contributed by atoms with E-state index in [-0.39, 0.29) is 16.8 Å². The van der Waals surface area contributed by atoms with Crippen molar-refractivity contribution < 1.29 is 13.2 Å². The Bertz CT molecular complexity index is 1170. The first-order valence-corrected chi connectivity index (χ1v) is 11.2. The van der Waals surface area contributed by atoms with E-state index in [1.54, 1.807) is 43.3 Å². The van der Waals surface area contributed by atoms with E-state index in [0.29, 0.717) is 16.8 Å². The largest absolute Gasteiger partial charge is 0.346 e. The fraction of sp³-hybridized carbons (Fsp3) is 0.208. The molecule has 156 valence electrons. The van der Waals surface area contributed by atoms with Crippen LogP contribution in [-0.2, 0) is 10.0 Å². The van der Waals surface area contributed by atoms with Gasteiger partial charge in [0.15, 0.2) is 0 Å². The average Bonchev–Trinajstić information content (AvgIpc) is 2.72. The zero-order valence-electron chi connectivity index (χ0n) is 17.6. The van der Waals surface area contributed by atoms with Crippen LogP contribution in [0, 0.1) is 20.8 Å². The lowest BCUT2D eigenvalue weighted by atomic mass is 10.0. The molecule has 3 aromatic carbocycles. The third-order valence-electron chi connectivity index (χ3n) is 5.25. The SMILES string of the molecule is Cc1ccc([C@H](C)NC(=O)c2cccc(NS(=O)(=O)c3ccccc3)c2C)cc1C. The van der Waals surface area contributed by atoms with Crippen molar-refractivity contribution >= 4 is 21.6 Å². The molecule has 1 atom stereocenters. The maximum Gasteiger partial charge on any atom is 0.261 e. The summed E-state index contributed by atoms with van der Waals surface area (Å²) >= 11 is 0. The maximum absolute atomic E-state index is 12.9. The third kappa shape index (κ3) is 4.71. The van der Waals surface area contributed by atoms with Gasteiger partial charge >= 0.3 is 0 Å². The third-order valence-corrected chi connectivity index (χ3v) is 6.64. The van der Waals surface area contributed by atoms with Gasteiger partial charge in [0.1, 0.15) is 0 Å². The van der Waals surface area contributed by atoms with Crippen LogP contribution >= 0.6 is 0 Å². The first kappa shape index (κ1) is 21.6. The summed E-state index contributed by atoms with van der Waals surface area (Å²) in [7, 11) is -3.73. The lowest BCUT2D eigenvalue weighted by Gasteiger charge is -2.18. The zero-order valence-corrected chi connectivity index (χ0v) is 18.4. The monoisotopic (exact) mass is 422 g/mol. The lowest BCUT2D eigenvalue weighted by Crippen LogP contribution is -2.27. The minimum absolute atomic E-state index is 0.169. The summed E-state index contributed by atoms with van der Waals surface area (Å²) in [5.74, 6) is -0.251. The number of benzene rings is 3. The normalized spacial score (nSPS) is 12.3. The van der Waals surface area contributed by atoms with Crippen LogP contribution in [0.1, 0.15) is 45.6 Å². The number of anilines is 1. The van der Waals surface area contributed by atoms with Crippen molar-refractivity contribution in [3.05, 3.63) is 94.5 Å². The number of sulfonamides is 1. The van der Waals surface area contributed by atoms with Gasteiger partial charge in [0, 0.05) is 5.56 Å². The smallest absolute Gasteiger partial charge is 0.261 e. The number of carbonyl (C=O) groups is 1. The van der Waals surface area contributed by atoms with Crippen molar-refractivity contribution in [1.82, 2.24) is 5.32 Å². The van der Waals surface area contributed by atoms with Crippen LogP contribution in [0.4, 0.5) is 5.69 Å². The number of hydrogen-bond donors (Lipinski definition) is 2. The van der Waals surface area contributed by atoms with Gasteiger partial charge < -0.3 is 5.32 Å². The molecule has 30 heavy (non-hydrogen) atoms. The first-order valence-electron chi connectivity index (χ1n) is 9.74. The number of nitrogens with one attached hydrogen (secondary N) is 2. The number of amides is 1. The molecule has 0 bridgehead atoms. The van der Waals surface area contributed by atoms with E-state index in [1.807, 2.05) is 32.9 Å². The van der Waals surface area contributed by atoms with Crippen molar-refractivity contribution in [3.8, 4) is 0 Å². The number of aryl methyl sites for hydroxylation is 2. The summed E-state index contributed by atoms with van der Waals surface area (Å²) in [5.41, 5.74) is 4.77. The van der Waals surface area contributed by atoms with Crippen molar-refractivity contribution in [1.29, 1.82) is 0 Å². The molecule has 0 saturated heterocycles. The fourth-order valence-electron chi connectivity index (χ4n) is 3.19. The van der Waals surface area contributed by atoms with Crippen molar-refractivity contribution in [2.24, 2.45) is 0 Å². The first-order chi connectivity index (χ1) is 14.2. The van der Waals surface area contributed by atoms with Gasteiger partial charge in [-0.15, -0.1) is 0 Å². The van der Waals surface area contributed by atoms with Crippen LogP contribution in [0.15, 0.2) is 71.6 Å². The molecule has 0 unspecified atom stereocenters. The Hall–Kier alpha value is -3.12. The molecular formula is C24H26N2O3S. The fourth-order valence-corrected chi connectivity index (χ4v) is 4.33. The van der Waals surface area contributed by atoms with Gasteiger partial charge in [-0.2, -0.15) is 0 Å². The Kier molecular flexibility index (Phi) is 6.27. The van der Waals surface area contributed by atoms with Crippen molar-refractivity contribution in [3.63, 3.8) is 0 Å². The summed E-state index contributed by atoms with van der Waals surface area (Å²) in [4.78, 5) is 13.1. The predicted molar refractivity (Wildman–Crippen MR) is 120 cm³/mol. The van der Waals surface area contributed by atoms with E-state index in [4.69, 9.17) is 0 Å². The van der Waals surface area contributed by atoms with Crippen molar-refractivity contribution in [2.75, 3.05) is 4.72 Å². The van der Waals surface area contributed by atoms with Gasteiger partial charge in [-0.3, -0.25) is 9.52 Å². The van der Waals surface area contributed by atoms with Crippen molar-refractivity contribution in [2.45, 2.75) is 38.6 Å². The van der Waals surface area contributed by atoms with Crippen LogP contribution in [-0.4, -0.2) is 14.3 Å². The summed E-state index contributed by atoms with van der Waals surface area (Å²) < 4.78 is 27.9. The number of rotatable bonds is 6. The maximum atomic E-state index is 12.9. The molecule has 0 radical (unpaired) electrons. The molecule has 0 aromatic heterocycles. The minimum Gasteiger partial charge on any atom is -0.346 e. The van der Waals surface area contributed by atoms with Crippen LogP contribution < -0.4 is 10.0 Å². The molecule has 1 amide bonds. The summed E-state index contributed by atoms with van der Waals surface area (Å²) in [6, 6.07) is 19.1. The van der Waals surface area contributed by atoms with E-state index < -0.39 is 10.0 Å². The summed E-state index contributed by atoms with van der Waals surface area (Å²) in [5, 5.41) is 3.01. The molecule has 3 aromatic rings. The van der Waals surface area contributed by atoms with Crippen LogP contribution in [0.2, 0.25) is 0 Å². The highest BCUT2D eigenvalue weighted by atomic mass is 32.2. The van der Waals surface area contributed by atoms with Gasteiger partial charge in [-0.05, 0) is 74.2 Å². The highest BCUT2D eigenvalue weighted by Gasteiger charge is 2.19.